The van der Waals surface area contributed by atoms with Crippen molar-refractivity contribution in [2.75, 3.05) is 13.1 Å². The fourth-order valence-electron chi connectivity index (χ4n) is 4.48. The molecule has 2 amide bonds. The monoisotopic (exact) mass is 564 g/mol. The van der Waals surface area contributed by atoms with Crippen molar-refractivity contribution in [2.24, 2.45) is 0 Å². The van der Waals surface area contributed by atoms with Crippen molar-refractivity contribution < 1.29 is 54.3 Å². The Labute approximate surface area is 232 Å². The Bertz CT molecular complexity index is 1530. The van der Waals surface area contributed by atoms with Crippen LogP contribution >= 0.6 is 0 Å². The number of aromatic hydroxyl groups is 3. The Morgan fingerprint density at radius 1 is 0.829 bits per heavy atom. The molecular weight excluding hydrogens is 540 g/mol. The van der Waals surface area contributed by atoms with E-state index in [1.54, 1.807) is 18.2 Å². The Kier molecular flexibility index (Phi) is 7.92. The molecule has 4 rings (SSSR count). The molecule has 13 nitrogen and oxygen atoms in total. The number of ketones is 1. The number of amides is 2. The van der Waals surface area contributed by atoms with E-state index in [1.165, 1.54) is 30.0 Å². The van der Waals surface area contributed by atoms with Gasteiger partial charge in [0.1, 0.15) is 35.0 Å². The van der Waals surface area contributed by atoms with Crippen molar-refractivity contribution in [1.82, 2.24) is 9.96 Å². The minimum Gasteiger partial charge on any atom is -0.507 e. The molecule has 2 unspecified atom stereocenters. The van der Waals surface area contributed by atoms with Gasteiger partial charge in [-0.1, -0.05) is 24.3 Å². The van der Waals surface area contributed by atoms with E-state index in [4.69, 9.17) is 4.74 Å². The third kappa shape index (κ3) is 5.65. The fourth-order valence-corrected chi connectivity index (χ4v) is 4.48. The van der Waals surface area contributed by atoms with E-state index in [-0.39, 0.29) is 18.7 Å². The highest BCUT2D eigenvalue weighted by molar-refractivity contribution is 6.18. The molecule has 0 radical (unpaired) electrons. The van der Waals surface area contributed by atoms with Gasteiger partial charge in [-0.15, -0.1) is 0 Å². The first kappa shape index (κ1) is 28.6. The summed E-state index contributed by atoms with van der Waals surface area (Å²) in [4.78, 5) is 63.6. The maximum Gasteiger partial charge on any atom is 0.338 e. The highest BCUT2D eigenvalue weighted by atomic mass is 16.6. The Balaban J connectivity index is 1.60. The summed E-state index contributed by atoms with van der Waals surface area (Å²) in [5.74, 6) is -7.66. The number of hydrogen-bond acceptors (Lipinski definition) is 10. The predicted octanol–water partition coefficient (Wildman–Crippen LogP) is 2.02. The van der Waals surface area contributed by atoms with Crippen LogP contribution in [0.3, 0.4) is 0 Å². The van der Waals surface area contributed by atoms with Gasteiger partial charge in [0.25, 0.3) is 5.91 Å². The van der Waals surface area contributed by atoms with E-state index in [2.05, 4.69) is 0 Å². The largest absolute Gasteiger partial charge is 0.507 e. The maximum atomic E-state index is 13.0. The Morgan fingerprint density at radius 3 is 2.05 bits per heavy atom. The van der Waals surface area contributed by atoms with Crippen molar-refractivity contribution in [1.29, 1.82) is 0 Å². The van der Waals surface area contributed by atoms with Crippen molar-refractivity contribution in [3.63, 3.8) is 0 Å². The number of aromatic carboxylic acids is 1. The van der Waals surface area contributed by atoms with Gasteiger partial charge in [0.15, 0.2) is 0 Å². The molecule has 1 heterocycles. The minimum absolute atomic E-state index is 0.145. The molecule has 0 bridgehead atoms. The van der Waals surface area contributed by atoms with E-state index in [0.29, 0.717) is 5.06 Å². The maximum absolute atomic E-state index is 13.0. The Morgan fingerprint density at radius 2 is 1.46 bits per heavy atom. The lowest BCUT2D eigenvalue weighted by atomic mass is 9.95. The molecule has 0 saturated carbocycles. The van der Waals surface area contributed by atoms with Crippen LogP contribution in [0.4, 0.5) is 0 Å². The SMILES string of the molecule is CC(=O)N1CC(OC(=O)c2cc(O)c(C(=O)c3c(O)cccc3C(=O)O)c(O)c2)C(N(O)C(=O)c2ccccc2)C1. The molecule has 1 saturated heterocycles. The van der Waals surface area contributed by atoms with Crippen molar-refractivity contribution in [3.05, 3.63) is 88.5 Å². The number of hydroxylamine groups is 2. The molecule has 13 heteroatoms. The summed E-state index contributed by atoms with van der Waals surface area (Å²) in [6.07, 6.45) is -1.21. The Hall–Kier alpha value is -5.43. The quantitative estimate of drug-likeness (QED) is 0.122. The third-order valence-electron chi connectivity index (χ3n) is 6.54. The molecule has 5 N–H and O–H groups in total. The van der Waals surface area contributed by atoms with Gasteiger partial charge in [0.05, 0.1) is 23.2 Å². The van der Waals surface area contributed by atoms with Gasteiger partial charge in [0, 0.05) is 19.0 Å². The van der Waals surface area contributed by atoms with Gasteiger partial charge in [-0.2, -0.15) is 0 Å². The zero-order chi connectivity index (χ0) is 30.0. The zero-order valence-electron chi connectivity index (χ0n) is 21.4. The van der Waals surface area contributed by atoms with Gasteiger partial charge in [-0.25, -0.2) is 14.7 Å². The van der Waals surface area contributed by atoms with Crippen LogP contribution in [0, 0.1) is 0 Å². The van der Waals surface area contributed by atoms with Gasteiger partial charge < -0.3 is 30.1 Å². The number of ether oxygens (including phenoxy) is 1. The van der Waals surface area contributed by atoms with Crippen molar-refractivity contribution in [3.8, 4) is 17.2 Å². The summed E-state index contributed by atoms with van der Waals surface area (Å²) in [5.41, 5.74) is -2.34. The van der Waals surface area contributed by atoms with Crippen LogP contribution in [-0.4, -0.2) is 90.4 Å². The number of likely N-dealkylation sites (tertiary alicyclic amines) is 1. The second-order valence-corrected chi connectivity index (χ2v) is 9.17. The van der Waals surface area contributed by atoms with E-state index in [9.17, 15) is 49.6 Å². The van der Waals surface area contributed by atoms with E-state index in [1.807, 2.05) is 0 Å². The molecule has 41 heavy (non-hydrogen) atoms. The highest BCUT2D eigenvalue weighted by Gasteiger charge is 2.42. The lowest BCUT2D eigenvalue weighted by Gasteiger charge is -2.26. The van der Waals surface area contributed by atoms with Crippen LogP contribution in [0.1, 0.15) is 53.9 Å². The van der Waals surface area contributed by atoms with Gasteiger partial charge in [-0.05, 0) is 36.4 Å². The molecule has 2 atom stereocenters. The lowest BCUT2D eigenvalue weighted by molar-refractivity contribution is -0.129. The summed E-state index contributed by atoms with van der Waals surface area (Å²) < 4.78 is 5.45. The summed E-state index contributed by atoms with van der Waals surface area (Å²) in [6.45, 7) is 0.928. The summed E-state index contributed by atoms with van der Waals surface area (Å²) >= 11 is 0. The number of esters is 1. The van der Waals surface area contributed by atoms with Crippen LogP contribution in [0.2, 0.25) is 0 Å². The minimum atomic E-state index is -1.54. The molecule has 1 fully saturated rings. The van der Waals surface area contributed by atoms with E-state index < -0.39 is 81.2 Å². The molecule has 0 spiro atoms. The third-order valence-corrected chi connectivity index (χ3v) is 6.54. The second-order valence-electron chi connectivity index (χ2n) is 9.17. The molecule has 3 aromatic carbocycles. The van der Waals surface area contributed by atoms with Crippen LogP contribution in [0.25, 0.3) is 0 Å². The summed E-state index contributed by atoms with van der Waals surface area (Å²) in [5, 5.41) is 51.6. The first-order valence-electron chi connectivity index (χ1n) is 12.1. The summed E-state index contributed by atoms with van der Waals surface area (Å²) in [7, 11) is 0. The first-order valence-corrected chi connectivity index (χ1v) is 12.1. The van der Waals surface area contributed by atoms with Crippen LogP contribution < -0.4 is 0 Å². The van der Waals surface area contributed by atoms with Crippen molar-refractivity contribution >= 4 is 29.5 Å². The standard InChI is InChI=1S/C28H24N2O11/c1-14(31)29-12-18(30(40)26(36)15-6-3-2-4-7-15)22(13-29)41-28(39)16-10-20(33)24(21(34)11-16)25(35)23-17(27(37)38)8-5-9-19(23)32/h2-11,18,22,32-34,40H,12-13H2,1H3,(H,37,38). The first-order chi connectivity index (χ1) is 19.4. The fraction of sp³-hybridized carbons (Fsp3) is 0.179. The van der Waals surface area contributed by atoms with E-state index in [0.717, 1.165) is 24.3 Å². The number of hydrogen-bond donors (Lipinski definition) is 5. The topological polar surface area (TPSA) is 202 Å². The molecule has 1 aliphatic heterocycles. The number of nitrogens with zero attached hydrogens (tertiary/aromatic N) is 2. The van der Waals surface area contributed by atoms with E-state index >= 15 is 0 Å². The molecule has 0 aromatic heterocycles. The van der Waals surface area contributed by atoms with Crippen LogP contribution in [0.5, 0.6) is 17.2 Å². The number of phenols is 3. The number of carbonyl (C=O) groups is 5. The number of rotatable bonds is 7. The summed E-state index contributed by atoms with van der Waals surface area (Å²) in [6, 6.07) is 11.5. The van der Waals surface area contributed by atoms with Gasteiger partial charge in [-0.3, -0.25) is 19.6 Å². The number of benzene rings is 3. The predicted molar refractivity (Wildman–Crippen MR) is 138 cm³/mol. The molecular formula is C28H24N2O11. The molecule has 212 valence electrons. The number of carbonyl (C=O) groups excluding carboxylic acids is 4. The van der Waals surface area contributed by atoms with Gasteiger partial charge >= 0.3 is 11.9 Å². The second kappa shape index (κ2) is 11.4. The zero-order valence-corrected chi connectivity index (χ0v) is 21.4. The average Bonchev–Trinajstić information content (AvgIpc) is 3.36. The smallest absolute Gasteiger partial charge is 0.338 e. The molecule has 3 aromatic rings. The molecule has 1 aliphatic rings. The van der Waals surface area contributed by atoms with Crippen LogP contribution in [0.15, 0.2) is 60.7 Å². The molecule has 0 aliphatic carbocycles. The number of carboxylic acids is 1. The number of phenolic OH excluding ortho intramolecular Hbond substituents is 3. The van der Waals surface area contributed by atoms with Crippen LogP contribution in [-0.2, 0) is 9.53 Å². The highest BCUT2D eigenvalue weighted by Crippen LogP contribution is 2.35. The normalized spacial score (nSPS) is 16.2. The average molecular weight is 565 g/mol. The number of carboxylic acid groups (broad SMARTS) is 1. The lowest BCUT2D eigenvalue weighted by Crippen LogP contribution is -2.46. The van der Waals surface area contributed by atoms with Gasteiger partial charge in [0.2, 0.25) is 11.7 Å². The van der Waals surface area contributed by atoms with Crippen molar-refractivity contribution in [2.45, 2.75) is 19.1 Å².